The SMILES string of the molecule is Cc1ncc(OC[C@@]2(c3ccccc3F)C[C@H]2C(=O)Cc2ccc(F)cn2)c(C)n1. The number of ketones is 1. The number of pyridine rings is 1. The monoisotopic (exact) mass is 409 g/mol. The van der Waals surface area contributed by atoms with Crippen molar-refractivity contribution in [3.8, 4) is 5.75 Å². The number of ether oxygens (including phenoxy) is 1. The molecule has 1 fully saturated rings. The maximum atomic E-state index is 14.6. The van der Waals surface area contributed by atoms with Crippen LogP contribution < -0.4 is 4.74 Å². The lowest BCUT2D eigenvalue weighted by Crippen LogP contribution is -2.25. The second kappa shape index (κ2) is 7.89. The average molecular weight is 409 g/mol. The highest BCUT2D eigenvalue weighted by Gasteiger charge is 2.60. The van der Waals surface area contributed by atoms with E-state index in [1.165, 1.54) is 18.2 Å². The lowest BCUT2D eigenvalue weighted by molar-refractivity contribution is -0.120. The zero-order valence-electron chi connectivity index (χ0n) is 16.7. The average Bonchev–Trinajstić information content (AvgIpc) is 3.45. The molecule has 2 heterocycles. The summed E-state index contributed by atoms with van der Waals surface area (Å²) in [7, 11) is 0. The third-order valence-corrected chi connectivity index (χ3v) is 5.56. The molecule has 7 heteroatoms. The van der Waals surface area contributed by atoms with Crippen LogP contribution >= 0.6 is 0 Å². The quantitative estimate of drug-likeness (QED) is 0.592. The number of halogens is 2. The zero-order valence-corrected chi connectivity index (χ0v) is 16.7. The van der Waals surface area contributed by atoms with E-state index in [-0.39, 0.29) is 24.6 Å². The summed E-state index contributed by atoms with van der Waals surface area (Å²) in [5.41, 5.74) is 0.866. The van der Waals surface area contributed by atoms with E-state index in [2.05, 4.69) is 15.0 Å². The van der Waals surface area contributed by atoms with E-state index in [4.69, 9.17) is 4.74 Å². The highest BCUT2D eigenvalue weighted by atomic mass is 19.1. The van der Waals surface area contributed by atoms with E-state index in [0.29, 0.717) is 34.9 Å². The second-order valence-electron chi connectivity index (χ2n) is 7.66. The summed E-state index contributed by atoms with van der Waals surface area (Å²) >= 11 is 0. The van der Waals surface area contributed by atoms with Crippen LogP contribution in [0.25, 0.3) is 0 Å². The molecule has 0 saturated heterocycles. The Morgan fingerprint density at radius 2 is 1.93 bits per heavy atom. The molecule has 30 heavy (non-hydrogen) atoms. The summed E-state index contributed by atoms with van der Waals surface area (Å²) < 4.78 is 33.7. The Hall–Kier alpha value is -3.22. The molecule has 2 atom stereocenters. The van der Waals surface area contributed by atoms with Crippen molar-refractivity contribution in [3.05, 3.63) is 83.2 Å². The van der Waals surface area contributed by atoms with Gasteiger partial charge in [-0.15, -0.1) is 0 Å². The second-order valence-corrected chi connectivity index (χ2v) is 7.66. The molecule has 3 aromatic rings. The number of carbonyl (C=O) groups excluding carboxylic acids is 1. The lowest BCUT2D eigenvalue weighted by Gasteiger charge is -2.20. The minimum Gasteiger partial charge on any atom is -0.489 e. The van der Waals surface area contributed by atoms with Crippen molar-refractivity contribution in [2.24, 2.45) is 5.92 Å². The molecule has 154 valence electrons. The number of nitrogens with zero attached hydrogens (tertiary/aromatic N) is 3. The fourth-order valence-electron chi connectivity index (χ4n) is 3.86. The molecule has 0 spiro atoms. The fourth-order valence-corrected chi connectivity index (χ4v) is 3.86. The Morgan fingerprint density at radius 3 is 2.63 bits per heavy atom. The van der Waals surface area contributed by atoms with Gasteiger partial charge in [-0.1, -0.05) is 18.2 Å². The topological polar surface area (TPSA) is 65.0 Å². The molecule has 1 aliphatic carbocycles. The van der Waals surface area contributed by atoms with Gasteiger partial charge in [0.25, 0.3) is 0 Å². The van der Waals surface area contributed by atoms with Crippen molar-refractivity contribution in [1.82, 2.24) is 15.0 Å². The van der Waals surface area contributed by atoms with Crippen LogP contribution in [0.5, 0.6) is 5.75 Å². The first kappa shape index (κ1) is 20.1. The molecule has 0 bridgehead atoms. The number of aromatic nitrogens is 3. The van der Waals surface area contributed by atoms with Crippen molar-refractivity contribution in [1.29, 1.82) is 0 Å². The summed E-state index contributed by atoms with van der Waals surface area (Å²) in [5.74, 6) is -0.161. The van der Waals surface area contributed by atoms with Gasteiger partial charge in [-0.25, -0.2) is 18.7 Å². The molecular weight excluding hydrogens is 388 g/mol. The first-order valence-corrected chi connectivity index (χ1v) is 9.70. The van der Waals surface area contributed by atoms with E-state index in [0.717, 1.165) is 6.20 Å². The van der Waals surface area contributed by atoms with Crippen LogP contribution in [0.2, 0.25) is 0 Å². The van der Waals surface area contributed by atoms with E-state index >= 15 is 0 Å². The van der Waals surface area contributed by atoms with Crippen LogP contribution in [0.3, 0.4) is 0 Å². The van der Waals surface area contributed by atoms with E-state index in [1.807, 2.05) is 6.92 Å². The van der Waals surface area contributed by atoms with E-state index in [1.54, 1.807) is 31.3 Å². The molecule has 0 aliphatic heterocycles. The minimum absolute atomic E-state index is 0.0633. The maximum Gasteiger partial charge on any atom is 0.158 e. The summed E-state index contributed by atoms with van der Waals surface area (Å²) in [6.45, 7) is 3.74. The van der Waals surface area contributed by atoms with E-state index in [9.17, 15) is 13.6 Å². The van der Waals surface area contributed by atoms with Gasteiger partial charge in [0.1, 0.15) is 23.2 Å². The van der Waals surface area contributed by atoms with Gasteiger partial charge < -0.3 is 4.74 Å². The lowest BCUT2D eigenvalue weighted by atomic mass is 9.91. The van der Waals surface area contributed by atoms with Crippen LogP contribution in [0.15, 0.2) is 48.8 Å². The molecule has 2 aromatic heterocycles. The Bertz CT molecular complexity index is 1090. The van der Waals surface area contributed by atoms with Crippen molar-refractivity contribution < 1.29 is 18.3 Å². The zero-order chi connectivity index (χ0) is 21.3. The number of hydrogen-bond donors (Lipinski definition) is 0. The van der Waals surface area contributed by atoms with Crippen LogP contribution in [0, 0.1) is 31.4 Å². The molecule has 1 aliphatic rings. The molecule has 4 rings (SSSR count). The smallest absolute Gasteiger partial charge is 0.158 e. The summed E-state index contributed by atoms with van der Waals surface area (Å²) in [6.07, 6.45) is 3.21. The highest BCUT2D eigenvalue weighted by molar-refractivity contribution is 5.88. The normalized spacial score (nSPS) is 20.1. The van der Waals surface area contributed by atoms with Gasteiger partial charge in [-0.3, -0.25) is 9.78 Å². The van der Waals surface area contributed by atoms with Crippen LogP contribution in [0.4, 0.5) is 8.78 Å². The molecule has 0 amide bonds. The van der Waals surface area contributed by atoms with Crippen molar-refractivity contribution in [3.63, 3.8) is 0 Å². The van der Waals surface area contributed by atoms with Gasteiger partial charge in [0.15, 0.2) is 5.75 Å². The third kappa shape index (κ3) is 3.92. The number of Topliss-reactive ketones (excluding diaryl/α,β-unsaturated/α-hetero) is 1. The Kier molecular flexibility index (Phi) is 5.28. The Morgan fingerprint density at radius 1 is 1.13 bits per heavy atom. The Balaban J connectivity index is 1.57. The molecule has 0 N–H and O–H groups in total. The third-order valence-electron chi connectivity index (χ3n) is 5.56. The van der Waals surface area contributed by atoms with Crippen LogP contribution in [0.1, 0.15) is 29.2 Å². The molecule has 0 radical (unpaired) electrons. The summed E-state index contributed by atoms with van der Waals surface area (Å²) in [5, 5.41) is 0. The first-order valence-electron chi connectivity index (χ1n) is 9.70. The fraction of sp³-hybridized carbons (Fsp3) is 0.304. The molecule has 0 unspecified atom stereocenters. The molecule has 5 nitrogen and oxygen atoms in total. The van der Waals surface area contributed by atoms with Gasteiger partial charge in [-0.2, -0.15) is 0 Å². The largest absolute Gasteiger partial charge is 0.489 e. The van der Waals surface area contributed by atoms with Crippen molar-refractivity contribution in [2.45, 2.75) is 32.1 Å². The molecular formula is C23H21F2N3O2. The standard InChI is InChI=1S/C23H21F2N3O2/c1-14-22(12-26-15(2)28-14)30-13-23(18-5-3-4-6-20(18)25)10-19(23)21(29)9-17-8-7-16(24)11-27-17/h3-8,11-12,19H,9-10,13H2,1-2H3/t19-,23+/m0/s1. The summed E-state index contributed by atoms with van der Waals surface area (Å²) in [4.78, 5) is 25.3. The highest BCUT2D eigenvalue weighted by Crippen LogP contribution is 2.56. The number of benzene rings is 1. The number of aryl methyl sites for hydroxylation is 2. The first-order chi connectivity index (χ1) is 14.4. The predicted molar refractivity (Wildman–Crippen MR) is 106 cm³/mol. The van der Waals surface area contributed by atoms with Gasteiger partial charge in [0.05, 0.1) is 24.7 Å². The van der Waals surface area contributed by atoms with E-state index < -0.39 is 17.2 Å². The minimum atomic E-state index is -0.764. The number of hydrogen-bond acceptors (Lipinski definition) is 5. The number of rotatable bonds is 7. The van der Waals surface area contributed by atoms with Gasteiger partial charge in [0.2, 0.25) is 0 Å². The van der Waals surface area contributed by atoms with Crippen molar-refractivity contribution >= 4 is 5.78 Å². The Labute approximate surface area is 173 Å². The molecule has 1 saturated carbocycles. The predicted octanol–water partition coefficient (Wildman–Crippen LogP) is 3.92. The van der Waals surface area contributed by atoms with Gasteiger partial charge >= 0.3 is 0 Å². The van der Waals surface area contributed by atoms with Crippen molar-refractivity contribution in [2.75, 3.05) is 6.61 Å². The van der Waals surface area contributed by atoms with Gasteiger partial charge in [0, 0.05) is 23.4 Å². The molecule has 1 aromatic carbocycles. The number of carbonyl (C=O) groups is 1. The van der Waals surface area contributed by atoms with Gasteiger partial charge in [-0.05, 0) is 44.0 Å². The van der Waals surface area contributed by atoms with Crippen LogP contribution in [-0.2, 0) is 16.6 Å². The van der Waals surface area contributed by atoms with Crippen LogP contribution in [-0.4, -0.2) is 27.3 Å². The maximum absolute atomic E-state index is 14.6. The summed E-state index contributed by atoms with van der Waals surface area (Å²) in [6, 6.07) is 9.22.